The summed E-state index contributed by atoms with van der Waals surface area (Å²) in [6, 6.07) is 5.95. The predicted molar refractivity (Wildman–Crippen MR) is 118 cm³/mol. The number of nitrogens with zero attached hydrogens (tertiary/aromatic N) is 6. The lowest BCUT2D eigenvalue weighted by Crippen LogP contribution is -2.25. The number of anilines is 1. The summed E-state index contributed by atoms with van der Waals surface area (Å²) in [7, 11) is 2.94. The zero-order chi connectivity index (χ0) is 22.7. The van der Waals surface area contributed by atoms with E-state index in [2.05, 4.69) is 42.6 Å². The Morgan fingerprint density at radius 3 is 2.88 bits per heavy atom. The van der Waals surface area contributed by atoms with Gasteiger partial charge in [-0.3, -0.25) is 14.6 Å². The molecule has 0 spiro atoms. The summed E-state index contributed by atoms with van der Waals surface area (Å²) in [5, 5.41) is 13.2. The maximum Gasteiger partial charge on any atom is 0.308 e. The molecule has 0 bridgehead atoms. The van der Waals surface area contributed by atoms with Gasteiger partial charge in [0.15, 0.2) is 0 Å². The molecule has 0 radical (unpaired) electrons. The molecule has 1 aliphatic carbocycles. The summed E-state index contributed by atoms with van der Waals surface area (Å²) in [4.78, 5) is 30.2. The van der Waals surface area contributed by atoms with Gasteiger partial charge in [0.25, 0.3) is 0 Å². The Balaban J connectivity index is 1.31. The molecule has 10 nitrogen and oxygen atoms in total. The van der Waals surface area contributed by atoms with E-state index in [1.165, 1.54) is 25.5 Å². The standard InChI is InChI=1S/C21H25N7O3S/c1-12-5-6-16(22-9-12)15-7-14(15)11-31-18-8-17(24-13(2)25-18)23-10-19-26-27-20(32-19)21(29)28(3)30-4/h5-6,8-9,14-15H,7,10-11H2,1-4H3,(H,23,24,25)/t14-,15+/m1/s1. The van der Waals surface area contributed by atoms with Crippen molar-refractivity contribution in [3.8, 4) is 5.88 Å². The highest BCUT2D eigenvalue weighted by molar-refractivity contribution is 7.13. The fraction of sp³-hybridized carbons (Fsp3) is 0.429. The Labute approximate surface area is 190 Å². The number of nitrogens with one attached hydrogen (secondary N) is 1. The lowest BCUT2D eigenvalue weighted by molar-refractivity contribution is -0.0757. The molecule has 1 amide bonds. The lowest BCUT2D eigenvalue weighted by Gasteiger charge is -2.10. The Hall–Kier alpha value is -3.18. The van der Waals surface area contributed by atoms with Crippen molar-refractivity contribution in [1.29, 1.82) is 0 Å². The smallest absolute Gasteiger partial charge is 0.308 e. The number of hydrogen-bond donors (Lipinski definition) is 1. The van der Waals surface area contributed by atoms with Crippen molar-refractivity contribution in [2.24, 2.45) is 5.92 Å². The average Bonchev–Trinajstić information content (AvgIpc) is 3.41. The van der Waals surface area contributed by atoms with E-state index >= 15 is 0 Å². The van der Waals surface area contributed by atoms with Crippen LogP contribution in [0.5, 0.6) is 5.88 Å². The van der Waals surface area contributed by atoms with Gasteiger partial charge < -0.3 is 10.1 Å². The van der Waals surface area contributed by atoms with Gasteiger partial charge in [0.2, 0.25) is 10.9 Å². The third kappa shape index (κ3) is 5.35. The first-order valence-corrected chi connectivity index (χ1v) is 11.0. The first kappa shape index (κ1) is 22.0. The molecule has 1 N–H and O–H groups in total. The fourth-order valence-electron chi connectivity index (χ4n) is 3.19. The van der Waals surface area contributed by atoms with E-state index in [-0.39, 0.29) is 10.9 Å². The second-order valence-electron chi connectivity index (χ2n) is 7.65. The van der Waals surface area contributed by atoms with Crippen molar-refractivity contribution in [3.63, 3.8) is 0 Å². The second kappa shape index (κ2) is 9.53. The van der Waals surface area contributed by atoms with Crippen molar-refractivity contribution in [2.45, 2.75) is 32.7 Å². The highest BCUT2D eigenvalue weighted by Crippen LogP contribution is 2.46. The molecule has 0 unspecified atom stereocenters. The van der Waals surface area contributed by atoms with Crippen LogP contribution < -0.4 is 10.1 Å². The first-order valence-electron chi connectivity index (χ1n) is 10.2. The van der Waals surface area contributed by atoms with Crippen LogP contribution in [-0.4, -0.2) is 56.9 Å². The van der Waals surface area contributed by atoms with Crippen molar-refractivity contribution in [1.82, 2.24) is 30.2 Å². The Morgan fingerprint density at radius 2 is 2.12 bits per heavy atom. The van der Waals surface area contributed by atoms with E-state index in [0.717, 1.165) is 22.7 Å². The molecule has 32 heavy (non-hydrogen) atoms. The molecule has 4 rings (SSSR count). The number of carbonyl (C=O) groups excluding carboxylic acids is 1. The average molecular weight is 456 g/mol. The SMILES string of the molecule is CON(C)C(=O)c1nnc(CNc2cc(OC[C@H]3C[C@@H]3c3ccc(C)cn3)nc(C)n2)s1. The van der Waals surface area contributed by atoms with Crippen LogP contribution in [0, 0.1) is 19.8 Å². The largest absolute Gasteiger partial charge is 0.477 e. The van der Waals surface area contributed by atoms with Gasteiger partial charge in [-0.15, -0.1) is 10.2 Å². The summed E-state index contributed by atoms with van der Waals surface area (Å²) >= 11 is 1.20. The van der Waals surface area contributed by atoms with Gasteiger partial charge in [0.1, 0.15) is 16.6 Å². The highest BCUT2D eigenvalue weighted by atomic mass is 32.1. The number of ether oxygens (including phenoxy) is 1. The van der Waals surface area contributed by atoms with Gasteiger partial charge in [-0.2, -0.15) is 4.98 Å². The van der Waals surface area contributed by atoms with Gasteiger partial charge in [0.05, 0.1) is 20.3 Å². The normalized spacial score (nSPS) is 17.1. The summed E-state index contributed by atoms with van der Waals surface area (Å²) in [6.45, 7) is 4.82. The van der Waals surface area contributed by atoms with E-state index in [4.69, 9.17) is 9.57 Å². The van der Waals surface area contributed by atoms with E-state index in [9.17, 15) is 4.79 Å². The van der Waals surface area contributed by atoms with Gasteiger partial charge >= 0.3 is 5.91 Å². The third-order valence-electron chi connectivity index (χ3n) is 5.13. The van der Waals surface area contributed by atoms with Crippen LogP contribution in [-0.2, 0) is 11.4 Å². The molecular weight excluding hydrogens is 430 g/mol. The molecule has 2 atom stereocenters. The summed E-state index contributed by atoms with van der Waals surface area (Å²) in [5.41, 5.74) is 2.29. The number of pyridine rings is 1. The van der Waals surface area contributed by atoms with Crippen molar-refractivity contribution in [3.05, 3.63) is 51.5 Å². The van der Waals surface area contributed by atoms with Crippen molar-refractivity contribution in [2.75, 3.05) is 26.1 Å². The molecular formula is C21H25N7O3S. The van der Waals surface area contributed by atoms with E-state index in [0.29, 0.717) is 47.5 Å². The molecule has 3 aromatic heterocycles. The van der Waals surface area contributed by atoms with Crippen LogP contribution in [0.15, 0.2) is 24.4 Å². The Morgan fingerprint density at radius 1 is 1.28 bits per heavy atom. The topological polar surface area (TPSA) is 115 Å². The molecule has 0 aliphatic heterocycles. The quantitative estimate of drug-likeness (QED) is 0.486. The minimum absolute atomic E-state index is 0.260. The number of aryl methyl sites for hydroxylation is 2. The maximum atomic E-state index is 12.1. The number of rotatable bonds is 9. The number of amides is 1. The van der Waals surface area contributed by atoms with E-state index in [1.54, 1.807) is 6.07 Å². The molecule has 3 heterocycles. The third-order valence-corrected chi connectivity index (χ3v) is 6.04. The summed E-state index contributed by atoms with van der Waals surface area (Å²) in [5.74, 6) is 2.30. The molecule has 3 aromatic rings. The molecule has 168 valence electrons. The monoisotopic (exact) mass is 455 g/mol. The van der Waals surface area contributed by atoms with E-state index in [1.807, 2.05) is 20.0 Å². The van der Waals surface area contributed by atoms with Crippen LogP contribution in [0.4, 0.5) is 5.82 Å². The Kier molecular flexibility index (Phi) is 6.56. The highest BCUT2D eigenvalue weighted by Gasteiger charge is 2.40. The summed E-state index contributed by atoms with van der Waals surface area (Å²) < 4.78 is 5.94. The second-order valence-corrected chi connectivity index (χ2v) is 8.71. The zero-order valence-electron chi connectivity index (χ0n) is 18.4. The lowest BCUT2D eigenvalue weighted by atomic mass is 10.2. The fourth-order valence-corrected chi connectivity index (χ4v) is 3.93. The minimum atomic E-state index is -0.343. The number of hydrogen-bond acceptors (Lipinski definition) is 10. The molecule has 1 aliphatic rings. The first-order chi connectivity index (χ1) is 15.4. The number of hydroxylamine groups is 2. The van der Waals surface area contributed by atoms with Gasteiger partial charge in [-0.1, -0.05) is 17.4 Å². The molecule has 1 saturated carbocycles. The number of aromatic nitrogens is 5. The summed E-state index contributed by atoms with van der Waals surface area (Å²) in [6.07, 6.45) is 2.98. The molecule has 1 fully saturated rings. The van der Waals surface area contributed by atoms with Crippen LogP contribution in [0.25, 0.3) is 0 Å². The van der Waals surface area contributed by atoms with Crippen molar-refractivity contribution < 1.29 is 14.4 Å². The van der Waals surface area contributed by atoms with Crippen LogP contribution >= 0.6 is 11.3 Å². The van der Waals surface area contributed by atoms with Gasteiger partial charge in [-0.05, 0) is 31.9 Å². The van der Waals surface area contributed by atoms with E-state index < -0.39 is 0 Å². The van der Waals surface area contributed by atoms with Crippen LogP contribution in [0.3, 0.4) is 0 Å². The predicted octanol–water partition coefficient (Wildman–Crippen LogP) is 2.77. The van der Waals surface area contributed by atoms with Gasteiger partial charge in [-0.25, -0.2) is 10.0 Å². The molecule has 0 aromatic carbocycles. The Bertz CT molecular complexity index is 1090. The maximum absolute atomic E-state index is 12.1. The molecule has 11 heteroatoms. The zero-order valence-corrected chi connectivity index (χ0v) is 19.2. The minimum Gasteiger partial charge on any atom is -0.477 e. The van der Waals surface area contributed by atoms with Crippen molar-refractivity contribution >= 4 is 23.1 Å². The van der Waals surface area contributed by atoms with Crippen LogP contribution in [0.1, 0.15) is 44.2 Å². The van der Waals surface area contributed by atoms with Crippen LogP contribution in [0.2, 0.25) is 0 Å². The number of carbonyl (C=O) groups is 1. The van der Waals surface area contributed by atoms with Gasteiger partial charge in [0, 0.05) is 36.8 Å². The molecule has 0 saturated heterocycles.